The highest BCUT2D eigenvalue weighted by Crippen LogP contribution is 2.32. The van der Waals surface area contributed by atoms with Crippen LogP contribution < -0.4 is 9.64 Å². The van der Waals surface area contributed by atoms with Crippen LogP contribution in [0.15, 0.2) is 83.8 Å². The van der Waals surface area contributed by atoms with Crippen LogP contribution in [0.4, 0.5) is 5.69 Å². The van der Waals surface area contributed by atoms with E-state index in [-0.39, 0.29) is 30.5 Å². The predicted octanol–water partition coefficient (Wildman–Crippen LogP) is 3.87. The van der Waals surface area contributed by atoms with Crippen LogP contribution in [0.25, 0.3) is 0 Å². The summed E-state index contributed by atoms with van der Waals surface area (Å²) in [6, 6.07) is 20.3. The third-order valence-electron chi connectivity index (χ3n) is 6.09. The Kier molecular flexibility index (Phi) is 8.46. The molecule has 0 saturated heterocycles. The highest BCUT2D eigenvalue weighted by molar-refractivity contribution is 7.89. The summed E-state index contributed by atoms with van der Waals surface area (Å²) in [7, 11) is -2.98. The lowest BCUT2D eigenvalue weighted by Gasteiger charge is -2.29. The van der Waals surface area contributed by atoms with E-state index in [4.69, 9.17) is 9.47 Å². The first kappa shape index (κ1) is 26.9. The quantitative estimate of drug-likeness (QED) is 0.354. The van der Waals surface area contributed by atoms with E-state index in [9.17, 15) is 18.0 Å². The molecule has 3 aromatic carbocycles. The van der Waals surface area contributed by atoms with Gasteiger partial charge in [0.15, 0.2) is 0 Å². The number of esters is 1. The molecule has 1 unspecified atom stereocenters. The van der Waals surface area contributed by atoms with Gasteiger partial charge in [-0.05, 0) is 48.0 Å². The number of sulfonamides is 1. The lowest BCUT2D eigenvalue weighted by atomic mass is 10.1. The molecule has 4 rings (SSSR count). The van der Waals surface area contributed by atoms with Gasteiger partial charge in [-0.15, -0.1) is 5.92 Å². The van der Waals surface area contributed by atoms with Crippen LogP contribution in [-0.2, 0) is 26.1 Å². The summed E-state index contributed by atoms with van der Waals surface area (Å²) in [5.74, 6) is 5.13. The second kappa shape index (κ2) is 11.9. The average molecular weight is 533 g/mol. The molecule has 1 aliphatic heterocycles. The summed E-state index contributed by atoms with van der Waals surface area (Å²) >= 11 is 0. The minimum atomic E-state index is -4.18. The van der Waals surface area contributed by atoms with E-state index in [2.05, 4.69) is 11.8 Å². The van der Waals surface area contributed by atoms with Gasteiger partial charge in [-0.25, -0.2) is 8.42 Å². The summed E-state index contributed by atoms with van der Waals surface area (Å²) in [5.41, 5.74) is 1.53. The van der Waals surface area contributed by atoms with Crippen LogP contribution in [-0.4, -0.2) is 50.9 Å². The Morgan fingerprint density at radius 2 is 1.63 bits per heavy atom. The highest BCUT2D eigenvalue weighted by Gasteiger charge is 2.42. The molecule has 1 heterocycles. The minimum absolute atomic E-state index is 0.0151. The van der Waals surface area contributed by atoms with Crippen LogP contribution in [0.3, 0.4) is 0 Å². The molecule has 38 heavy (non-hydrogen) atoms. The van der Waals surface area contributed by atoms with Gasteiger partial charge in [0.1, 0.15) is 18.4 Å². The largest absolute Gasteiger partial charge is 0.481 e. The SMILES string of the molecule is CCC#CCOc1ccc(S(=O)(=O)N2Cc3ccccc3N(C(=O)c3ccccc3)CC2C(=O)OC)cc1. The zero-order chi connectivity index (χ0) is 27.1. The third kappa shape index (κ3) is 5.72. The molecule has 8 nitrogen and oxygen atoms in total. The molecule has 0 fully saturated rings. The molecular weight excluding hydrogens is 504 g/mol. The first-order valence-electron chi connectivity index (χ1n) is 12.1. The second-order valence-corrected chi connectivity index (χ2v) is 10.4. The van der Waals surface area contributed by atoms with Crippen molar-refractivity contribution in [1.29, 1.82) is 0 Å². The van der Waals surface area contributed by atoms with Gasteiger partial charge in [0.25, 0.3) is 5.91 Å². The molecule has 1 aliphatic rings. The fourth-order valence-electron chi connectivity index (χ4n) is 4.20. The van der Waals surface area contributed by atoms with Gasteiger partial charge in [-0.3, -0.25) is 9.59 Å². The number of carbonyl (C=O) groups is 2. The molecule has 196 valence electrons. The highest BCUT2D eigenvalue weighted by atomic mass is 32.2. The Balaban J connectivity index is 1.72. The monoisotopic (exact) mass is 532 g/mol. The number of nitrogens with zero attached hydrogens (tertiary/aromatic N) is 2. The third-order valence-corrected chi connectivity index (χ3v) is 7.96. The number of amides is 1. The number of methoxy groups -OCH3 is 1. The fraction of sp³-hybridized carbons (Fsp3) is 0.241. The van der Waals surface area contributed by atoms with Crippen molar-refractivity contribution in [2.75, 3.05) is 25.2 Å². The van der Waals surface area contributed by atoms with Crippen molar-refractivity contribution in [2.45, 2.75) is 30.8 Å². The molecule has 1 amide bonds. The molecule has 0 aliphatic carbocycles. The van der Waals surface area contributed by atoms with E-state index in [1.807, 2.05) is 6.92 Å². The van der Waals surface area contributed by atoms with E-state index in [1.165, 1.54) is 24.1 Å². The summed E-state index contributed by atoms with van der Waals surface area (Å²) in [6.07, 6.45) is 0.718. The number of para-hydroxylation sites is 1. The van der Waals surface area contributed by atoms with Crippen molar-refractivity contribution in [2.24, 2.45) is 0 Å². The van der Waals surface area contributed by atoms with E-state index in [0.29, 0.717) is 22.6 Å². The average Bonchev–Trinajstić information content (AvgIpc) is 3.13. The number of benzene rings is 3. The standard InChI is InChI=1S/C29H28N2O6S/c1-3-4-10-19-37-24-15-17-25(18-16-24)38(34,35)31-20-23-13-8-9-14-26(23)30(21-27(31)29(33)36-2)28(32)22-11-6-5-7-12-22/h5-9,11-18,27H,3,19-21H2,1-2H3. The van der Waals surface area contributed by atoms with Gasteiger partial charge < -0.3 is 14.4 Å². The summed E-state index contributed by atoms with van der Waals surface area (Å²) in [5, 5.41) is 0. The van der Waals surface area contributed by atoms with Gasteiger partial charge in [-0.2, -0.15) is 4.31 Å². The van der Waals surface area contributed by atoms with E-state index < -0.39 is 22.0 Å². The molecule has 0 N–H and O–H groups in total. The normalized spacial score (nSPS) is 15.4. The Labute approximate surface area is 222 Å². The summed E-state index contributed by atoms with van der Waals surface area (Å²) < 4.78 is 39.4. The van der Waals surface area contributed by atoms with Crippen molar-refractivity contribution >= 4 is 27.6 Å². The van der Waals surface area contributed by atoms with Crippen molar-refractivity contribution in [3.63, 3.8) is 0 Å². The molecule has 1 atom stereocenters. The maximum Gasteiger partial charge on any atom is 0.326 e. The van der Waals surface area contributed by atoms with Gasteiger partial charge in [0.2, 0.25) is 10.0 Å². The van der Waals surface area contributed by atoms with Gasteiger partial charge in [-0.1, -0.05) is 49.2 Å². The van der Waals surface area contributed by atoms with Crippen LogP contribution in [0.2, 0.25) is 0 Å². The Bertz CT molecular complexity index is 1460. The maximum absolute atomic E-state index is 13.9. The zero-order valence-corrected chi connectivity index (χ0v) is 22.0. The molecule has 0 bridgehead atoms. The van der Waals surface area contributed by atoms with Crippen LogP contribution in [0, 0.1) is 11.8 Å². The summed E-state index contributed by atoms with van der Waals surface area (Å²) in [4.78, 5) is 28.0. The smallest absolute Gasteiger partial charge is 0.326 e. The predicted molar refractivity (Wildman–Crippen MR) is 143 cm³/mol. The first-order chi connectivity index (χ1) is 18.4. The van der Waals surface area contributed by atoms with Crippen molar-refractivity contribution < 1.29 is 27.5 Å². The molecule has 0 aromatic heterocycles. The van der Waals surface area contributed by atoms with Crippen molar-refractivity contribution in [1.82, 2.24) is 4.31 Å². The van der Waals surface area contributed by atoms with Gasteiger partial charge >= 0.3 is 5.97 Å². The van der Waals surface area contributed by atoms with Crippen LogP contribution in [0.1, 0.15) is 29.3 Å². The number of fused-ring (bicyclic) bond motifs is 1. The Morgan fingerprint density at radius 1 is 0.947 bits per heavy atom. The van der Waals surface area contributed by atoms with Crippen LogP contribution in [0.5, 0.6) is 5.75 Å². The number of hydrogen-bond donors (Lipinski definition) is 0. The number of rotatable bonds is 6. The molecule has 3 aromatic rings. The van der Waals surface area contributed by atoms with Crippen molar-refractivity contribution in [3.05, 3.63) is 90.0 Å². The number of ether oxygens (including phenoxy) is 2. The molecule has 0 saturated carbocycles. The van der Waals surface area contributed by atoms with Gasteiger partial charge in [0.05, 0.1) is 18.6 Å². The Hall–Kier alpha value is -4.13. The molecule has 9 heteroatoms. The fourth-order valence-corrected chi connectivity index (χ4v) is 5.74. The molecule has 0 radical (unpaired) electrons. The van der Waals surface area contributed by atoms with Crippen LogP contribution >= 0.6 is 0 Å². The van der Waals surface area contributed by atoms with E-state index in [0.717, 1.165) is 10.7 Å². The minimum Gasteiger partial charge on any atom is -0.481 e. The molecule has 0 spiro atoms. The molecular formula is C29H28N2O6S. The number of anilines is 1. The lowest BCUT2D eigenvalue weighted by Crippen LogP contribution is -2.50. The van der Waals surface area contributed by atoms with E-state index >= 15 is 0 Å². The zero-order valence-electron chi connectivity index (χ0n) is 21.2. The van der Waals surface area contributed by atoms with Crippen molar-refractivity contribution in [3.8, 4) is 17.6 Å². The lowest BCUT2D eigenvalue weighted by molar-refractivity contribution is -0.144. The Morgan fingerprint density at radius 3 is 2.32 bits per heavy atom. The number of hydrogen-bond acceptors (Lipinski definition) is 6. The van der Waals surface area contributed by atoms with E-state index in [1.54, 1.807) is 66.7 Å². The van der Waals surface area contributed by atoms with Gasteiger partial charge in [0, 0.05) is 24.2 Å². The second-order valence-electron chi connectivity index (χ2n) is 8.47. The number of carbonyl (C=O) groups excluding carboxylic acids is 2. The topological polar surface area (TPSA) is 93.2 Å². The first-order valence-corrected chi connectivity index (χ1v) is 13.5. The maximum atomic E-state index is 13.9. The summed E-state index contributed by atoms with van der Waals surface area (Å²) in [6.45, 7) is 1.79.